The molecule has 3 aromatic rings. The zero-order chi connectivity index (χ0) is 21.3. The molecule has 6 heteroatoms. The van der Waals surface area contributed by atoms with Crippen molar-refractivity contribution in [3.63, 3.8) is 0 Å². The quantitative estimate of drug-likeness (QED) is 0.513. The van der Waals surface area contributed by atoms with Crippen molar-refractivity contribution in [1.29, 1.82) is 5.26 Å². The van der Waals surface area contributed by atoms with Crippen LogP contribution in [0.1, 0.15) is 11.8 Å². The number of carbonyl (C=O) groups is 1. The molecule has 1 fully saturated rings. The molecule has 1 amide bonds. The molecule has 0 unspecified atom stereocenters. The lowest BCUT2D eigenvalue weighted by atomic mass is 10.0. The number of hydrogen-bond donors (Lipinski definition) is 1. The number of nitrogens with zero attached hydrogens (tertiary/aromatic N) is 3. The van der Waals surface area contributed by atoms with Crippen molar-refractivity contribution >= 4 is 39.3 Å². The second kappa shape index (κ2) is 8.31. The molecule has 0 bridgehead atoms. The summed E-state index contributed by atoms with van der Waals surface area (Å²) in [4.78, 5) is 18.2. The molecule has 2 N–H and O–H groups in total. The first-order valence-corrected chi connectivity index (χ1v) is 10.8. The predicted octanol–water partition coefficient (Wildman–Crippen LogP) is 4.10. The molecule has 152 valence electrons. The number of primary amides is 1. The number of thiophene rings is 1. The minimum absolute atomic E-state index is 0.0124. The third kappa shape index (κ3) is 3.95. The van der Waals surface area contributed by atoms with E-state index < -0.39 is 5.91 Å². The highest BCUT2D eigenvalue weighted by molar-refractivity contribution is 7.16. The van der Waals surface area contributed by atoms with Crippen LogP contribution in [0.25, 0.3) is 26.8 Å². The highest BCUT2D eigenvalue weighted by Gasteiger charge is 2.15. The minimum atomic E-state index is -0.688. The van der Waals surface area contributed by atoms with Crippen LogP contribution in [-0.4, -0.2) is 44.0 Å². The molecule has 2 aromatic carbocycles. The molecule has 1 aliphatic heterocycles. The maximum absolute atomic E-state index is 11.5. The summed E-state index contributed by atoms with van der Waals surface area (Å²) in [6.45, 7) is 6.06. The molecule has 0 atom stereocenters. The van der Waals surface area contributed by atoms with Crippen LogP contribution in [0.5, 0.6) is 0 Å². The normalized spacial score (nSPS) is 15.7. The van der Waals surface area contributed by atoms with Gasteiger partial charge in [-0.1, -0.05) is 18.2 Å². The Labute approximate surface area is 180 Å². The zero-order valence-electron chi connectivity index (χ0n) is 17.2. The number of carbonyl (C=O) groups excluding carboxylic acids is 1. The summed E-state index contributed by atoms with van der Waals surface area (Å²) < 4.78 is 0. The van der Waals surface area contributed by atoms with Crippen LogP contribution in [0.15, 0.2) is 54.1 Å². The Morgan fingerprint density at radius 1 is 1.03 bits per heavy atom. The highest BCUT2D eigenvalue weighted by atomic mass is 32.1. The van der Waals surface area contributed by atoms with Crippen LogP contribution in [0.3, 0.4) is 0 Å². The lowest BCUT2D eigenvalue weighted by molar-refractivity contribution is -0.114. The molecular formula is C24H24N4OS. The van der Waals surface area contributed by atoms with E-state index in [9.17, 15) is 10.1 Å². The molecule has 1 saturated heterocycles. The Kier molecular flexibility index (Phi) is 5.58. The van der Waals surface area contributed by atoms with E-state index in [2.05, 4.69) is 53.2 Å². The number of anilines is 1. The molecule has 4 rings (SSSR count). The maximum atomic E-state index is 11.5. The number of amides is 1. The van der Waals surface area contributed by atoms with Gasteiger partial charge in [0.05, 0.1) is 0 Å². The topological polar surface area (TPSA) is 73.4 Å². The Balaban J connectivity index is 1.62. The number of hydrogen-bond acceptors (Lipinski definition) is 5. The van der Waals surface area contributed by atoms with Gasteiger partial charge < -0.3 is 15.5 Å². The summed E-state index contributed by atoms with van der Waals surface area (Å²) in [6, 6.07) is 19.0. The maximum Gasteiger partial charge on any atom is 0.259 e. The van der Waals surface area contributed by atoms with Gasteiger partial charge in [0.1, 0.15) is 11.6 Å². The van der Waals surface area contributed by atoms with Crippen molar-refractivity contribution in [1.82, 2.24) is 4.90 Å². The lowest BCUT2D eigenvalue weighted by Gasteiger charge is -2.34. The van der Waals surface area contributed by atoms with Crippen molar-refractivity contribution in [2.24, 2.45) is 5.73 Å². The van der Waals surface area contributed by atoms with Crippen LogP contribution >= 0.6 is 11.3 Å². The summed E-state index contributed by atoms with van der Waals surface area (Å²) >= 11 is 1.56. The van der Waals surface area contributed by atoms with Crippen LogP contribution in [0.2, 0.25) is 0 Å². The Hall–Kier alpha value is -3.14. The van der Waals surface area contributed by atoms with Crippen molar-refractivity contribution in [2.45, 2.75) is 6.92 Å². The first-order chi connectivity index (χ1) is 14.5. The Morgan fingerprint density at radius 2 is 1.73 bits per heavy atom. The van der Waals surface area contributed by atoms with Crippen molar-refractivity contribution in [3.05, 3.63) is 59.0 Å². The standard InChI is InChI=1S/C24H24N4OS/c1-16(21(15-25)24(26)29)22-7-8-23(30-22)19-4-3-18-14-20(6-5-17(18)13-19)28-11-9-27(2)10-12-28/h3-8,13-14H,9-12H2,1-2H3,(H2,26,29). The van der Waals surface area contributed by atoms with Crippen molar-refractivity contribution in [2.75, 3.05) is 38.1 Å². The average Bonchev–Trinajstić information content (AvgIpc) is 3.24. The van der Waals surface area contributed by atoms with Crippen LogP contribution in [0, 0.1) is 11.3 Å². The monoisotopic (exact) mass is 416 g/mol. The number of benzene rings is 2. The molecule has 0 aliphatic carbocycles. The lowest BCUT2D eigenvalue weighted by Crippen LogP contribution is -2.44. The molecule has 2 heterocycles. The fourth-order valence-electron chi connectivity index (χ4n) is 3.79. The van der Waals surface area contributed by atoms with Gasteiger partial charge in [0.25, 0.3) is 5.91 Å². The largest absolute Gasteiger partial charge is 0.369 e. The van der Waals surface area contributed by atoms with Gasteiger partial charge in [0.15, 0.2) is 0 Å². The van der Waals surface area contributed by atoms with E-state index in [1.165, 1.54) is 16.5 Å². The van der Waals surface area contributed by atoms with E-state index in [4.69, 9.17) is 5.73 Å². The van der Waals surface area contributed by atoms with Crippen molar-refractivity contribution < 1.29 is 4.79 Å². The molecule has 0 radical (unpaired) electrons. The smallest absolute Gasteiger partial charge is 0.259 e. The van der Waals surface area contributed by atoms with Gasteiger partial charge >= 0.3 is 0 Å². The first kappa shape index (κ1) is 20.1. The predicted molar refractivity (Wildman–Crippen MR) is 124 cm³/mol. The number of nitriles is 1. The SMILES string of the molecule is CC(=C(C#N)C(N)=O)c1ccc(-c2ccc3cc(N4CCN(C)CC4)ccc3c2)s1. The molecular weight excluding hydrogens is 392 g/mol. The van der Waals surface area contributed by atoms with Gasteiger partial charge in [0, 0.05) is 41.6 Å². The summed E-state index contributed by atoms with van der Waals surface area (Å²) in [5.41, 5.74) is 8.35. The number of allylic oxidation sites excluding steroid dienone is 1. The van der Waals surface area contributed by atoms with E-state index in [1.54, 1.807) is 18.3 Å². The first-order valence-electron chi connectivity index (χ1n) is 9.95. The second-order valence-electron chi connectivity index (χ2n) is 7.68. The molecule has 1 aliphatic rings. The molecule has 5 nitrogen and oxygen atoms in total. The third-order valence-corrected chi connectivity index (χ3v) is 6.94. The van der Waals surface area contributed by atoms with Gasteiger partial charge in [-0.3, -0.25) is 4.79 Å². The number of likely N-dealkylation sites (N-methyl/N-ethyl adjacent to an activating group) is 1. The average molecular weight is 417 g/mol. The van der Waals surface area contributed by atoms with Gasteiger partial charge in [-0.05, 0) is 66.2 Å². The van der Waals surface area contributed by atoms with Gasteiger partial charge in [-0.2, -0.15) is 5.26 Å². The Bertz CT molecular complexity index is 1180. The summed E-state index contributed by atoms with van der Waals surface area (Å²) in [5.74, 6) is -0.688. The molecule has 30 heavy (non-hydrogen) atoms. The fourth-order valence-corrected chi connectivity index (χ4v) is 4.80. The van der Waals surface area contributed by atoms with E-state index in [0.717, 1.165) is 41.5 Å². The van der Waals surface area contributed by atoms with E-state index in [0.29, 0.717) is 5.57 Å². The van der Waals surface area contributed by atoms with Gasteiger partial charge in [0.2, 0.25) is 0 Å². The van der Waals surface area contributed by atoms with Gasteiger partial charge in [-0.15, -0.1) is 11.3 Å². The van der Waals surface area contributed by atoms with Crippen LogP contribution in [0.4, 0.5) is 5.69 Å². The third-order valence-electron chi connectivity index (χ3n) is 5.69. The molecule has 0 spiro atoms. The van der Waals surface area contributed by atoms with Crippen molar-refractivity contribution in [3.8, 4) is 16.5 Å². The molecule has 0 saturated carbocycles. The van der Waals surface area contributed by atoms with E-state index >= 15 is 0 Å². The minimum Gasteiger partial charge on any atom is -0.369 e. The number of fused-ring (bicyclic) bond motifs is 1. The fraction of sp³-hybridized carbons (Fsp3) is 0.250. The zero-order valence-corrected chi connectivity index (χ0v) is 18.0. The molecule has 1 aromatic heterocycles. The number of rotatable bonds is 4. The van der Waals surface area contributed by atoms with E-state index in [1.807, 2.05) is 18.2 Å². The number of piperazine rings is 1. The summed E-state index contributed by atoms with van der Waals surface area (Å²) in [7, 11) is 2.17. The van der Waals surface area contributed by atoms with Crippen LogP contribution < -0.4 is 10.6 Å². The Morgan fingerprint density at radius 3 is 2.43 bits per heavy atom. The van der Waals surface area contributed by atoms with Crippen LogP contribution in [-0.2, 0) is 4.79 Å². The second-order valence-corrected chi connectivity index (χ2v) is 8.76. The van der Waals surface area contributed by atoms with E-state index in [-0.39, 0.29) is 5.57 Å². The van der Waals surface area contributed by atoms with Gasteiger partial charge in [-0.25, -0.2) is 0 Å². The number of nitrogens with two attached hydrogens (primary N) is 1. The summed E-state index contributed by atoms with van der Waals surface area (Å²) in [6.07, 6.45) is 0. The summed E-state index contributed by atoms with van der Waals surface area (Å²) in [5, 5.41) is 11.6. The highest BCUT2D eigenvalue weighted by Crippen LogP contribution is 2.35.